The van der Waals surface area contributed by atoms with Gasteiger partial charge in [-0.1, -0.05) is 31.6 Å². The summed E-state index contributed by atoms with van der Waals surface area (Å²) in [7, 11) is 0. The minimum atomic E-state index is 0.366. The molecule has 3 rings (SSSR count). The van der Waals surface area contributed by atoms with E-state index >= 15 is 0 Å². The predicted octanol–water partition coefficient (Wildman–Crippen LogP) is 4.27. The number of carbonyl (C=O) groups excluding carboxylic acids is 1. The van der Waals surface area contributed by atoms with Crippen molar-refractivity contribution < 1.29 is 4.79 Å². The molecule has 2 heterocycles. The Kier molecular flexibility index (Phi) is 7.51. The third kappa shape index (κ3) is 5.64. The molecule has 2 fully saturated rings. The molecule has 1 amide bonds. The van der Waals surface area contributed by atoms with Crippen molar-refractivity contribution in [3.63, 3.8) is 0 Å². The first kappa shape index (κ1) is 21.0. The van der Waals surface area contributed by atoms with Crippen molar-refractivity contribution in [3.8, 4) is 0 Å². The van der Waals surface area contributed by atoms with E-state index in [1.165, 1.54) is 42.0 Å². The molecule has 0 spiro atoms. The summed E-state index contributed by atoms with van der Waals surface area (Å²) in [6, 6.07) is 9.80. The van der Waals surface area contributed by atoms with E-state index in [2.05, 4.69) is 54.8 Å². The number of likely N-dealkylation sites (tertiary alicyclic amines) is 2. The predicted molar refractivity (Wildman–Crippen MR) is 119 cm³/mol. The van der Waals surface area contributed by atoms with Gasteiger partial charge in [0.25, 0.3) is 0 Å². The summed E-state index contributed by atoms with van der Waals surface area (Å²) in [6.07, 6.45) is 4.68. The fourth-order valence-corrected chi connectivity index (χ4v) is 5.62. The molecule has 146 valence electrons. The van der Waals surface area contributed by atoms with Gasteiger partial charge in [0.15, 0.2) is 0 Å². The summed E-state index contributed by atoms with van der Waals surface area (Å²) in [4.78, 5) is 17.7. The van der Waals surface area contributed by atoms with Crippen LogP contribution in [0.4, 0.5) is 4.79 Å². The molecule has 5 heteroatoms. The molecule has 0 saturated carbocycles. The molecular formula is C22H33AlN2OS. The zero-order chi connectivity index (χ0) is 19.4. The minimum absolute atomic E-state index is 0.366. The number of benzene rings is 1. The lowest BCUT2D eigenvalue weighted by Crippen LogP contribution is -2.48. The summed E-state index contributed by atoms with van der Waals surface area (Å²) < 4.78 is 0.366. The van der Waals surface area contributed by atoms with Crippen LogP contribution in [-0.2, 0) is 0 Å². The molecule has 1 aromatic carbocycles. The van der Waals surface area contributed by atoms with Gasteiger partial charge in [-0.2, -0.15) is 0 Å². The van der Waals surface area contributed by atoms with Gasteiger partial charge in [0.05, 0.1) is 0 Å². The number of rotatable bonds is 4. The van der Waals surface area contributed by atoms with Gasteiger partial charge in [0, 0.05) is 42.4 Å². The van der Waals surface area contributed by atoms with Crippen LogP contribution in [0.2, 0.25) is 0 Å². The summed E-state index contributed by atoms with van der Waals surface area (Å²) in [5.41, 5.74) is 4.49. The third-order valence-electron chi connectivity index (χ3n) is 6.02. The molecule has 1 aromatic rings. The smallest absolute Gasteiger partial charge is 0.355 e. The van der Waals surface area contributed by atoms with Crippen LogP contribution >= 0.6 is 11.8 Å². The summed E-state index contributed by atoms with van der Waals surface area (Å²) in [6.45, 7) is 11.1. The highest BCUT2D eigenvalue weighted by Gasteiger charge is 2.27. The molecule has 0 unspecified atom stereocenters. The largest absolute Gasteiger partial charge is 0.359 e. The van der Waals surface area contributed by atoms with Gasteiger partial charge in [0.2, 0.25) is 0 Å². The van der Waals surface area contributed by atoms with Crippen molar-refractivity contribution in [1.29, 1.82) is 0 Å². The zero-order valence-corrected chi connectivity index (χ0v) is 20.1. The van der Waals surface area contributed by atoms with E-state index in [0.29, 0.717) is 32.4 Å². The monoisotopic (exact) mass is 400 g/mol. The lowest BCUT2D eigenvalue weighted by molar-refractivity contribution is 0.117. The second-order valence-electron chi connectivity index (χ2n) is 8.19. The molecule has 0 aromatic heterocycles. The summed E-state index contributed by atoms with van der Waals surface area (Å²) in [5.74, 6) is 0. The molecule has 0 radical (unpaired) electrons. The van der Waals surface area contributed by atoms with Gasteiger partial charge in [-0.05, 0) is 55.9 Å². The lowest BCUT2D eigenvalue weighted by atomic mass is 9.92. The van der Waals surface area contributed by atoms with Gasteiger partial charge < -0.3 is 4.90 Å². The second kappa shape index (κ2) is 9.65. The molecular weight excluding hydrogens is 367 g/mol. The van der Waals surface area contributed by atoms with E-state index in [-0.39, 0.29) is 0 Å². The molecule has 0 aliphatic carbocycles. The average Bonchev–Trinajstić information content (AvgIpc) is 2.68. The van der Waals surface area contributed by atoms with Crippen LogP contribution in [0.15, 0.2) is 34.7 Å². The standard InChI is InChI=1S/C22H31N2OS.Al.2H/c1-17(2)26-22-6-4-19(5-7-22)18(3)20-8-14-24(15-9-20)21-10-12-23(16-25)13-11-21;;;/h4-7,17,21H,8-15H2,1-3H3;;;. The first-order chi connectivity index (χ1) is 12.9. The second-order valence-corrected chi connectivity index (χ2v) is 10.7. The maximum atomic E-state index is 11.6. The van der Waals surface area contributed by atoms with Gasteiger partial charge >= 0.3 is 16.3 Å². The number of hydrogen-bond donors (Lipinski definition) is 0. The highest BCUT2D eigenvalue weighted by atomic mass is 32.2. The number of amides is 1. The Morgan fingerprint density at radius 1 is 1.07 bits per heavy atom. The Morgan fingerprint density at radius 3 is 2.19 bits per heavy atom. The van der Waals surface area contributed by atoms with Crippen LogP contribution in [-0.4, -0.2) is 68.3 Å². The molecule has 0 N–H and O–H groups in total. The molecule has 0 atom stereocenters. The number of allylic oxidation sites excluding steroid dienone is 1. The average molecular weight is 401 g/mol. The van der Waals surface area contributed by atoms with E-state index in [9.17, 15) is 4.79 Å². The van der Waals surface area contributed by atoms with E-state index < -0.39 is 0 Å². The molecule has 2 aliphatic heterocycles. The van der Waals surface area contributed by atoms with Gasteiger partial charge in [-0.3, -0.25) is 9.69 Å². The van der Waals surface area contributed by atoms with Gasteiger partial charge in [0.1, 0.15) is 4.77 Å². The van der Waals surface area contributed by atoms with Crippen LogP contribution in [0.5, 0.6) is 0 Å². The van der Waals surface area contributed by atoms with E-state index in [0.717, 1.165) is 25.9 Å². The fraction of sp³-hybridized carbons (Fsp3) is 0.591. The molecule has 0 bridgehead atoms. The first-order valence-electron chi connectivity index (χ1n) is 10.4. The van der Waals surface area contributed by atoms with Gasteiger partial charge in [-0.25, -0.2) is 0 Å². The van der Waals surface area contributed by atoms with Crippen molar-refractivity contribution in [2.75, 3.05) is 26.2 Å². The molecule has 27 heavy (non-hydrogen) atoms. The van der Waals surface area contributed by atoms with Crippen molar-refractivity contribution >= 4 is 38.4 Å². The highest BCUT2D eigenvalue weighted by Crippen LogP contribution is 2.30. The normalized spacial score (nSPS) is 19.6. The Labute approximate surface area is 177 Å². The Balaban J connectivity index is 1.55. The summed E-state index contributed by atoms with van der Waals surface area (Å²) in [5, 5.41) is 0.629. The molecule has 3 nitrogen and oxygen atoms in total. The van der Waals surface area contributed by atoms with Crippen LogP contribution in [0.1, 0.15) is 52.0 Å². The van der Waals surface area contributed by atoms with Crippen molar-refractivity contribution in [1.82, 2.24) is 9.80 Å². The quantitative estimate of drug-likeness (QED) is 0.557. The van der Waals surface area contributed by atoms with Gasteiger partial charge in [-0.15, -0.1) is 11.8 Å². The van der Waals surface area contributed by atoms with Crippen molar-refractivity contribution in [2.45, 2.75) is 62.6 Å². The first-order valence-corrected chi connectivity index (χ1v) is 12.3. The number of nitrogens with zero attached hydrogens (tertiary/aromatic N) is 2. The Hall–Kier alpha value is -0.728. The topological polar surface area (TPSA) is 23.6 Å². The summed E-state index contributed by atoms with van der Waals surface area (Å²) >= 11 is 2.59. The van der Waals surface area contributed by atoms with Crippen LogP contribution in [0.3, 0.4) is 0 Å². The van der Waals surface area contributed by atoms with E-state index in [1.807, 2.05) is 11.8 Å². The zero-order valence-electron chi connectivity index (χ0n) is 17.3. The van der Waals surface area contributed by atoms with Crippen LogP contribution < -0.4 is 0 Å². The molecule has 2 aliphatic rings. The van der Waals surface area contributed by atoms with Crippen molar-refractivity contribution in [3.05, 3.63) is 35.4 Å². The van der Waals surface area contributed by atoms with E-state index in [1.54, 1.807) is 5.57 Å². The molecule has 2 saturated heterocycles. The lowest BCUT2D eigenvalue weighted by Gasteiger charge is -2.41. The SMILES string of the molecule is CC(=C1CCN(C2CCN([C](=O)[AlH2])CC2)CC1)c1ccc(SC(C)C)cc1. The van der Waals surface area contributed by atoms with E-state index in [4.69, 9.17) is 0 Å². The highest BCUT2D eigenvalue weighted by molar-refractivity contribution is 7.99. The number of hydrogen-bond acceptors (Lipinski definition) is 3. The Bertz CT molecular complexity index is 668. The van der Waals surface area contributed by atoms with Crippen LogP contribution in [0, 0.1) is 0 Å². The maximum Gasteiger partial charge on any atom is 0.355 e. The maximum absolute atomic E-state index is 11.6. The number of piperidine rings is 2. The number of thioether (sulfide) groups is 1. The van der Waals surface area contributed by atoms with Crippen molar-refractivity contribution in [2.24, 2.45) is 0 Å². The number of carbonyl (C=O) groups is 1. The minimum Gasteiger partial charge on any atom is -0.359 e. The van der Waals surface area contributed by atoms with Crippen LogP contribution in [0.25, 0.3) is 5.57 Å². The third-order valence-corrected chi connectivity index (χ3v) is 7.67. The fourth-order valence-electron chi connectivity index (χ4n) is 4.34. The Morgan fingerprint density at radius 2 is 1.67 bits per heavy atom.